The van der Waals surface area contributed by atoms with Crippen molar-refractivity contribution in [2.24, 2.45) is 5.73 Å². The summed E-state index contributed by atoms with van der Waals surface area (Å²) in [4.78, 5) is 40.1. The molecule has 3 fully saturated rings. The zero-order valence-corrected chi connectivity index (χ0v) is 25.0. The fourth-order valence-corrected chi connectivity index (χ4v) is 6.77. The summed E-state index contributed by atoms with van der Waals surface area (Å²) in [5.74, 6) is 0.352. The molecule has 3 amide bonds. The number of urea groups is 1. The largest absolute Gasteiger partial charge is 0.364 e. The van der Waals surface area contributed by atoms with Crippen molar-refractivity contribution in [1.82, 2.24) is 25.1 Å². The van der Waals surface area contributed by atoms with Crippen LogP contribution in [0.4, 0.5) is 22.1 Å². The number of rotatable bonds is 7. The van der Waals surface area contributed by atoms with Gasteiger partial charge in [-0.2, -0.15) is 0 Å². The topological polar surface area (TPSA) is 120 Å². The molecule has 0 bridgehead atoms. The Morgan fingerprint density at radius 1 is 1.02 bits per heavy atom. The second-order valence-electron chi connectivity index (χ2n) is 12.6. The molecule has 2 saturated heterocycles. The van der Waals surface area contributed by atoms with Gasteiger partial charge in [-0.1, -0.05) is 31.9 Å². The Morgan fingerprint density at radius 2 is 1.71 bits per heavy atom. The Balaban J connectivity index is 1.29. The second kappa shape index (κ2) is 12.2. The highest BCUT2D eigenvalue weighted by Crippen LogP contribution is 2.38. The van der Waals surface area contributed by atoms with Crippen LogP contribution < -0.4 is 21.3 Å². The number of benzene rings is 1. The molecule has 10 heteroatoms. The minimum Gasteiger partial charge on any atom is -0.364 e. The molecule has 1 aliphatic carbocycles. The van der Waals surface area contributed by atoms with E-state index < -0.39 is 5.91 Å². The number of carbonyl (C=O) groups excluding carboxylic acids is 2. The predicted molar refractivity (Wildman–Crippen MR) is 163 cm³/mol. The highest BCUT2D eigenvalue weighted by molar-refractivity contribution is 5.96. The Hall–Kier alpha value is -3.40. The van der Waals surface area contributed by atoms with Gasteiger partial charge in [-0.25, -0.2) is 14.8 Å². The maximum absolute atomic E-state index is 12.3. The van der Waals surface area contributed by atoms with Crippen molar-refractivity contribution in [2.45, 2.75) is 88.8 Å². The van der Waals surface area contributed by atoms with Crippen LogP contribution in [-0.4, -0.2) is 83.6 Å². The number of nitrogens with zero attached hydrogens (tertiary/aromatic N) is 5. The number of primary amides is 1. The normalized spacial score (nSPS) is 23.3. The third kappa shape index (κ3) is 6.42. The van der Waals surface area contributed by atoms with Crippen molar-refractivity contribution in [3.05, 3.63) is 41.7 Å². The smallest absolute Gasteiger partial charge is 0.317 e. The van der Waals surface area contributed by atoms with Crippen LogP contribution in [0.1, 0.15) is 81.3 Å². The molecule has 1 aromatic heterocycles. The van der Waals surface area contributed by atoms with E-state index in [1.165, 1.54) is 57.2 Å². The summed E-state index contributed by atoms with van der Waals surface area (Å²) < 4.78 is 0. The van der Waals surface area contributed by atoms with Gasteiger partial charge < -0.3 is 31.1 Å². The number of hydrogen-bond acceptors (Lipinski definition) is 7. The standard InChI is InChI=1S/C31H46N8O2/c1-21-25(35-30(41)37(3)4)10-7-17-39(21)26-20-33-27(28(32)40)29(36-26)34-23-13-11-22(12-14-23)31(2)15-18-38(19-16-31)24-8-5-6-9-24/h11-14,20-21,24-25H,5-10,15-19H2,1-4H3,(H2,32,40)(H,34,36)(H,35,41)/t21-,25-/m1/s1. The molecule has 2 aliphatic heterocycles. The molecule has 10 nitrogen and oxygen atoms in total. The van der Waals surface area contributed by atoms with Crippen LogP contribution in [0, 0.1) is 0 Å². The average Bonchev–Trinajstić information content (AvgIpc) is 3.50. The van der Waals surface area contributed by atoms with E-state index in [1.807, 2.05) is 0 Å². The van der Waals surface area contributed by atoms with Crippen molar-refractivity contribution in [3.63, 3.8) is 0 Å². The number of carbonyl (C=O) groups is 2. The Kier molecular flexibility index (Phi) is 8.68. The van der Waals surface area contributed by atoms with Crippen molar-refractivity contribution >= 4 is 29.3 Å². The van der Waals surface area contributed by atoms with Crippen LogP contribution in [0.5, 0.6) is 0 Å². The van der Waals surface area contributed by atoms with Crippen molar-refractivity contribution in [3.8, 4) is 0 Å². The molecule has 2 atom stereocenters. The fourth-order valence-electron chi connectivity index (χ4n) is 6.77. The molecule has 222 valence electrons. The maximum Gasteiger partial charge on any atom is 0.317 e. The number of amides is 3. The molecule has 1 aromatic carbocycles. The summed E-state index contributed by atoms with van der Waals surface area (Å²) in [5.41, 5.74) is 8.11. The van der Waals surface area contributed by atoms with Gasteiger partial charge in [-0.05, 0) is 81.6 Å². The first-order valence-corrected chi connectivity index (χ1v) is 15.2. The molecule has 0 radical (unpaired) electrons. The lowest BCUT2D eigenvalue weighted by molar-refractivity contribution is 0.0996. The lowest BCUT2D eigenvalue weighted by Crippen LogP contribution is -2.56. The summed E-state index contributed by atoms with van der Waals surface area (Å²) in [6.07, 6.45) is 11.2. The summed E-state index contributed by atoms with van der Waals surface area (Å²) in [6.45, 7) is 7.58. The number of likely N-dealkylation sites (tertiary alicyclic amines) is 1. The first-order chi connectivity index (χ1) is 19.6. The highest BCUT2D eigenvalue weighted by Gasteiger charge is 2.35. The van der Waals surface area contributed by atoms with Crippen molar-refractivity contribution in [2.75, 3.05) is 43.9 Å². The zero-order valence-electron chi connectivity index (χ0n) is 25.0. The molecule has 4 N–H and O–H groups in total. The van der Waals surface area contributed by atoms with Crippen LogP contribution in [0.25, 0.3) is 0 Å². The molecule has 3 aliphatic rings. The minimum atomic E-state index is -0.632. The molecular weight excluding hydrogens is 516 g/mol. The maximum atomic E-state index is 12.3. The summed E-state index contributed by atoms with van der Waals surface area (Å²) >= 11 is 0. The van der Waals surface area contributed by atoms with E-state index in [0.29, 0.717) is 11.6 Å². The van der Waals surface area contributed by atoms with E-state index in [2.05, 4.69) is 63.5 Å². The van der Waals surface area contributed by atoms with Gasteiger partial charge in [0.25, 0.3) is 5.91 Å². The van der Waals surface area contributed by atoms with Crippen LogP contribution in [0.15, 0.2) is 30.5 Å². The van der Waals surface area contributed by atoms with Gasteiger partial charge in [0.1, 0.15) is 5.82 Å². The molecule has 0 unspecified atom stereocenters. The number of aromatic nitrogens is 2. The SMILES string of the molecule is C[C@@H]1[C@H](NC(=O)N(C)C)CCCN1c1cnc(C(N)=O)c(Nc2ccc(C3(C)CCN(C4CCCC4)CC3)cc2)n1. The van der Waals surface area contributed by atoms with Gasteiger partial charge in [0, 0.05) is 38.4 Å². The molecule has 5 rings (SSSR count). The summed E-state index contributed by atoms with van der Waals surface area (Å²) in [5, 5.41) is 6.42. The van der Waals surface area contributed by atoms with E-state index in [0.717, 1.165) is 31.1 Å². The lowest BCUT2D eigenvalue weighted by Gasteiger charge is -2.42. The molecule has 41 heavy (non-hydrogen) atoms. The lowest BCUT2D eigenvalue weighted by atomic mass is 9.74. The Bertz CT molecular complexity index is 1220. The van der Waals surface area contributed by atoms with E-state index in [4.69, 9.17) is 10.7 Å². The van der Waals surface area contributed by atoms with E-state index in [9.17, 15) is 9.59 Å². The number of nitrogens with one attached hydrogen (secondary N) is 2. The Labute approximate surface area is 244 Å². The van der Waals surface area contributed by atoms with Crippen LogP contribution in [0.2, 0.25) is 0 Å². The fraction of sp³-hybridized carbons (Fsp3) is 0.613. The monoisotopic (exact) mass is 562 g/mol. The van der Waals surface area contributed by atoms with Gasteiger partial charge >= 0.3 is 6.03 Å². The molecular formula is C31H46N8O2. The first kappa shape index (κ1) is 29.1. The van der Waals surface area contributed by atoms with Crippen LogP contribution in [0.3, 0.4) is 0 Å². The predicted octanol–water partition coefficient (Wildman–Crippen LogP) is 4.24. The van der Waals surface area contributed by atoms with E-state index in [-0.39, 0.29) is 29.2 Å². The summed E-state index contributed by atoms with van der Waals surface area (Å²) in [7, 11) is 3.47. The Morgan fingerprint density at radius 3 is 2.34 bits per heavy atom. The number of anilines is 3. The van der Waals surface area contributed by atoms with E-state index >= 15 is 0 Å². The third-order valence-corrected chi connectivity index (χ3v) is 9.58. The van der Waals surface area contributed by atoms with Gasteiger partial charge in [0.05, 0.1) is 12.2 Å². The highest BCUT2D eigenvalue weighted by atomic mass is 16.2. The molecule has 0 spiro atoms. The van der Waals surface area contributed by atoms with Gasteiger partial charge in [0.2, 0.25) is 0 Å². The van der Waals surface area contributed by atoms with E-state index in [1.54, 1.807) is 25.2 Å². The second-order valence-corrected chi connectivity index (χ2v) is 12.6. The number of nitrogens with two attached hydrogens (primary N) is 1. The van der Waals surface area contributed by atoms with Gasteiger partial charge in [-0.15, -0.1) is 0 Å². The van der Waals surface area contributed by atoms with Gasteiger partial charge in [-0.3, -0.25) is 4.79 Å². The third-order valence-electron chi connectivity index (χ3n) is 9.58. The zero-order chi connectivity index (χ0) is 29.1. The quantitative estimate of drug-likeness (QED) is 0.462. The van der Waals surface area contributed by atoms with Crippen molar-refractivity contribution in [1.29, 1.82) is 0 Å². The molecule has 1 saturated carbocycles. The molecule has 2 aromatic rings. The van der Waals surface area contributed by atoms with Crippen LogP contribution >= 0.6 is 0 Å². The number of hydrogen-bond donors (Lipinski definition) is 3. The minimum absolute atomic E-state index is 0.00865. The van der Waals surface area contributed by atoms with Crippen molar-refractivity contribution < 1.29 is 9.59 Å². The number of piperidine rings is 2. The molecule has 3 heterocycles. The first-order valence-electron chi connectivity index (χ1n) is 15.2. The summed E-state index contributed by atoms with van der Waals surface area (Å²) in [6, 6.07) is 9.16. The van der Waals surface area contributed by atoms with Crippen LogP contribution in [-0.2, 0) is 5.41 Å². The average molecular weight is 563 g/mol. The van der Waals surface area contributed by atoms with Gasteiger partial charge in [0.15, 0.2) is 11.5 Å².